The fourth-order valence-corrected chi connectivity index (χ4v) is 2.91. The van der Waals surface area contributed by atoms with Crippen molar-refractivity contribution in [3.05, 3.63) is 83.6 Å². The fourth-order valence-electron chi connectivity index (χ4n) is 2.91. The van der Waals surface area contributed by atoms with E-state index < -0.39 is 0 Å². The minimum atomic E-state index is -0.371. The molecule has 7 heteroatoms. The molecule has 2 aromatic carbocycles. The molecule has 0 unspecified atom stereocenters. The highest BCUT2D eigenvalue weighted by Gasteiger charge is 2.18. The molecular weight excluding hydrogens is 402 g/mol. The Balaban J connectivity index is 1.85. The van der Waals surface area contributed by atoms with E-state index in [1.54, 1.807) is 72.9 Å². The van der Waals surface area contributed by atoms with Crippen LogP contribution in [0.1, 0.15) is 28.4 Å². The third-order valence-corrected chi connectivity index (χ3v) is 4.40. The zero-order valence-corrected chi connectivity index (χ0v) is 18.1. The second-order valence-electron chi connectivity index (χ2n) is 6.94. The third kappa shape index (κ3) is 5.58. The van der Waals surface area contributed by atoms with Crippen LogP contribution in [0.4, 0.5) is 17.2 Å². The van der Waals surface area contributed by atoms with Gasteiger partial charge in [0.2, 0.25) is 6.41 Å². The lowest BCUT2D eigenvalue weighted by Crippen LogP contribution is -2.21. The maximum absolute atomic E-state index is 13.0. The summed E-state index contributed by atoms with van der Waals surface area (Å²) < 4.78 is 0. The largest absolute Gasteiger partial charge is 0.306 e. The SMILES string of the molecule is CC#Cc1ccc(NC(=O)c2ccccc2N(C=O)c2ccc(C=NN(C)C)cc2)nc1. The Labute approximate surface area is 187 Å². The molecule has 0 radical (unpaired) electrons. The summed E-state index contributed by atoms with van der Waals surface area (Å²) in [5.41, 5.74) is 3.09. The van der Waals surface area contributed by atoms with Crippen LogP contribution in [0, 0.1) is 11.8 Å². The molecule has 1 N–H and O–H groups in total. The van der Waals surface area contributed by atoms with Gasteiger partial charge in [0, 0.05) is 31.5 Å². The first-order chi connectivity index (χ1) is 15.5. The number of carbonyl (C=O) groups excluding carboxylic acids is 2. The molecule has 2 amide bonds. The van der Waals surface area contributed by atoms with Crippen molar-refractivity contribution < 1.29 is 9.59 Å². The first kappa shape index (κ1) is 22.2. The Bertz CT molecular complexity index is 1170. The second-order valence-corrected chi connectivity index (χ2v) is 6.94. The van der Waals surface area contributed by atoms with Crippen molar-refractivity contribution in [1.82, 2.24) is 9.99 Å². The molecule has 160 valence electrons. The Morgan fingerprint density at radius 3 is 2.44 bits per heavy atom. The molecule has 0 spiro atoms. The summed E-state index contributed by atoms with van der Waals surface area (Å²) in [6.45, 7) is 1.75. The van der Waals surface area contributed by atoms with Gasteiger partial charge in [0.1, 0.15) is 5.82 Å². The minimum absolute atomic E-state index is 0.345. The standard InChI is InChI=1S/C25H23N5O2/c1-4-7-19-12-15-24(26-16-19)28-25(32)22-8-5-6-9-23(22)30(18-31)21-13-10-20(11-14-21)17-27-29(2)3/h5-6,8-18H,1-3H3,(H,26,28,32). The van der Waals surface area contributed by atoms with Gasteiger partial charge in [-0.3, -0.25) is 14.5 Å². The Kier molecular flexibility index (Phi) is 7.33. The molecule has 0 saturated carbocycles. The summed E-state index contributed by atoms with van der Waals surface area (Å²) in [6, 6.07) is 17.7. The number of anilines is 3. The summed E-state index contributed by atoms with van der Waals surface area (Å²) in [7, 11) is 3.67. The van der Waals surface area contributed by atoms with Crippen LogP contribution in [-0.2, 0) is 4.79 Å². The first-order valence-corrected chi connectivity index (χ1v) is 9.87. The quantitative estimate of drug-likeness (QED) is 0.270. The van der Waals surface area contributed by atoms with Crippen molar-refractivity contribution in [3.63, 3.8) is 0 Å². The van der Waals surface area contributed by atoms with Gasteiger partial charge < -0.3 is 10.3 Å². The van der Waals surface area contributed by atoms with E-state index in [4.69, 9.17) is 0 Å². The molecule has 0 aliphatic carbocycles. The number of para-hydroxylation sites is 1. The molecule has 32 heavy (non-hydrogen) atoms. The lowest BCUT2D eigenvalue weighted by atomic mass is 10.1. The predicted octanol–water partition coefficient (Wildman–Crippen LogP) is 3.90. The van der Waals surface area contributed by atoms with E-state index in [0.717, 1.165) is 11.1 Å². The van der Waals surface area contributed by atoms with E-state index in [9.17, 15) is 9.59 Å². The van der Waals surface area contributed by atoms with Gasteiger partial charge in [-0.15, -0.1) is 5.92 Å². The molecule has 0 saturated heterocycles. The number of amides is 2. The molecule has 1 aromatic heterocycles. The van der Waals surface area contributed by atoms with E-state index in [-0.39, 0.29) is 5.91 Å². The number of pyridine rings is 1. The van der Waals surface area contributed by atoms with Crippen LogP contribution in [0.2, 0.25) is 0 Å². The Hall–Kier alpha value is -4.44. The summed E-state index contributed by atoms with van der Waals surface area (Å²) in [5.74, 6) is 5.73. The Morgan fingerprint density at radius 1 is 1.06 bits per heavy atom. The molecule has 7 nitrogen and oxygen atoms in total. The second kappa shape index (κ2) is 10.5. The Morgan fingerprint density at radius 2 is 1.81 bits per heavy atom. The minimum Gasteiger partial charge on any atom is -0.306 e. The summed E-state index contributed by atoms with van der Waals surface area (Å²) in [5, 5.41) is 8.67. The van der Waals surface area contributed by atoms with Gasteiger partial charge >= 0.3 is 0 Å². The van der Waals surface area contributed by atoms with Gasteiger partial charge in [-0.05, 0) is 48.9 Å². The van der Waals surface area contributed by atoms with Gasteiger partial charge in [0.05, 0.1) is 17.5 Å². The number of hydrazone groups is 1. The topological polar surface area (TPSA) is 77.9 Å². The maximum Gasteiger partial charge on any atom is 0.258 e. The van der Waals surface area contributed by atoms with Crippen LogP contribution in [0.3, 0.4) is 0 Å². The fraction of sp³-hybridized carbons (Fsp3) is 0.120. The van der Waals surface area contributed by atoms with Gasteiger partial charge in [-0.2, -0.15) is 5.10 Å². The molecule has 0 atom stereocenters. The molecule has 0 aliphatic heterocycles. The smallest absolute Gasteiger partial charge is 0.258 e. The van der Waals surface area contributed by atoms with Crippen molar-refractivity contribution in [2.24, 2.45) is 5.10 Å². The molecule has 1 heterocycles. The van der Waals surface area contributed by atoms with E-state index in [0.29, 0.717) is 29.2 Å². The van der Waals surface area contributed by atoms with Crippen molar-refractivity contribution in [2.75, 3.05) is 24.3 Å². The number of benzene rings is 2. The molecule has 3 aromatic rings. The third-order valence-electron chi connectivity index (χ3n) is 4.40. The summed E-state index contributed by atoms with van der Waals surface area (Å²) >= 11 is 0. The van der Waals surface area contributed by atoms with Crippen molar-refractivity contribution >= 4 is 35.7 Å². The van der Waals surface area contributed by atoms with Crippen molar-refractivity contribution in [2.45, 2.75) is 6.92 Å². The number of rotatable bonds is 7. The van der Waals surface area contributed by atoms with E-state index in [1.165, 1.54) is 4.90 Å². The van der Waals surface area contributed by atoms with Gasteiger partial charge in [0.25, 0.3) is 5.91 Å². The van der Waals surface area contributed by atoms with Crippen molar-refractivity contribution in [1.29, 1.82) is 0 Å². The van der Waals surface area contributed by atoms with Gasteiger partial charge in [0.15, 0.2) is 0 Å². The first-order valence-electron chi connectivity index (χ1n) is 9.87. The van der Waals surface area contributed by atoms with Crippen LogP contribution in [0.5, 0.6) is 0 Å². The lowest BCUT2D eigenvalue weighted by Gasteiger charge is -2.20. The number of nitrogens with one attached hydrogen (secondary N) is 1. The molecule has 0 fully saturated rings. The zero-order valence-electron chi connectivity index (χ0n) is 18.1. The molecule has 0 bridgehead atoms. The average molecular weight is 425 g/mol. The number of carbonyl (C=O) groups is 2. The van der Waals surface area contributed by atoms with Gasteiger partial charge in [-0.1, -0.05) is 30.2 Å². The van der Waals surface area contributed by atoms with Crippen molar-refractivity contribution in [3.8, 4) is 11.8 Å². The zero-order chi connectivity index (χ0) is 22.9. The highest BCUT2D eigenvalue weighted by molar-refractivity contribution is 6.10. The number of nitrogens with zero attached hydrogens (tertiary/aromatic N) is 4. The normalized spacial score (nSPS) is 10.2. The van der Waals surface area contributed by atoms with Crippen LogP contribution in [0.25, 0.3) is 0 Å². The number of hydrogen-bond acceptors (Lipinski definition) is 5. The van der Waals surface area contributed by atoms with Crippen LogP contribution >= 0.6 is 0 Å². The molecule has 0 aliphatic rings. The van der Waals surface area contributed by atoms with Crippen LogP contribution < -0.4 is 10.2 Å². The molecular formula is C25H23N5O2. The van der Waals surface area contributed by atoms with E-state index in [2.05, 4.69) is 27.2 Å². The average Bonchev–Trinajstić information content (AvgIpc) is 2.81. The van der Waals surface area contributed by atoms with Crippen LogP contribution in [-0.4, -0.2) is 42.6 Å². The summed E-state index contributed by atoms with van der Waals surface area (Å²) in [4.78, 5) is 30.6. The predicted molar refractivity (Wildman–Crippen MR) is 127 cm³/mol. The monoisotopic (exact) mass is 425 g/mol. The molecule has 3 rings (SSSR count). The number of hydrogen-bond donors (Lipinski definition) is 1. The lowest BCUT2D eigenvalue weighted by molar-refractivity contribution is -0.106. The van der Waals surface area contributed by atoms with Gasteiger partial charge in [-0.25, -0.2) is 4.98 Å². The summed E-state index contributed by atoms with van der Waals surface area (Å²) in [6.07, 6.45) is 4.00. The van der Waals surface area contributed by atoms with E-state index in [1.807, 2.05) is 26.2 Å². The van der Waals surface area contributed by atoms with E-state index >= 15 is 0 Å². The highest BCUT2D eigenvalue weighted by Crippen LogP contribution is 2.28. The number of aromatic nitrogens is 1. The highest BCUT2D eigenvalue weighted by atomic mass is 16.2. The maximum atomic E-state index is 13.0. The van der Waals surface area contributed by atoms with Crippen LogP contribution in [0.15, 0.2) is 72.0 Å².